The molecule has 2 heterocycles. The number of aliphatic carboxylic acids is 1. The predicted molar refractivity (Wildman–Crippen MR) is 126 cm³/mol. The molecular weight excluding hydrogens is 424 g/mol. The van der Waals surface area contributed by atoms with Crippen LogP contribution in [0.25, 0.3) is 0 Å². The van der Waals surface area contributed by atoms with Gasteiger partial charge in [-0.2, -0.15) is 0 Å². The van der Waals surface area contributed by atoms with Crippen LogP contribution >= 0.6 is 0 Å². The zero-order valence-corrected chi connectivity index (χ0v) is 19.8. The molecule has 2 atom stereocenters. The summed E-state index contributed by atoms with van der Waals surface area (Å²) in [5.74, 6) is 0.440. The minimum Gasteiger partial charge on any atom is -0.492 e. The molecule has 0 amide bonds. The molecule has 0 aliphatic carbocycles. The highest BCUT2D eigenvalue weighted by atomic mass is 16.5. The van der Waals surface area contributed by atoms with Gasteiger partial charge >= 0.3 is 5.97 Å². The van der Waals surface area contributed by atoms with Gasteiger partial charge in [0.25, 0.3) is 5.56 Å². The van der Waals surface area contributed by atoms with Crippen molar-refractivity contribution in [2.45, 2.75) is 65.1 Å². The quantitative estimate of drug-likeness (QED) is 0.500. The molecule has 0 saturated carbocycles. The number of hydrazine groups is 1. The van der Waals surface area contributed by atoms with E-state index in [-0.39, 0.29) is 11.6 Å². The van der Waals surface area contributed by atoms with Crippen LogP contribution in [0.5, 0.6) is 5.75 Å². The van der Waals surface area contributed by atoms with E-state index in [1.807, 2.05) is 26.1 Å². The SMILES string of the molecule is CCCC1NN(C)c2c1nc(CC)n(CCOc1ccc(CC(OCC)C(=O)O)cc1)c2=O. The first kappa shape index (κ1) is 24.7. The van der Waals surface area contributed by atoms with E-state index in [9.17, 15) is 14.7 Å². The second-order valence-electron chi connectivity index (χ2n) is 8.08. The van der Waals surface area contributed by atoms with Gasteiger partial charge in [0.2, 0.25) is 0 Å². The van der Waals surface area contributed by atoms with Crippen LogP contribution in [-0.2, 0) is 28.9 Å². The topological polar surface area (TPSA) is 106 Å². The van der Waals surface area contributed by atoms with Crippen molar-refractivity contribution in [3.8, 4) is 5.75 Å². The average Bonchev–Trinajstić information content (AvgIpc) is 3.11. The maximum atomic E-state index is 13.2. The number of carboxylic acid groups (broad SMARTS) is 1. The molecule has 0 saturated heterocycles. The maximum absolute atomic E-state index is 13.2. The first-order chi connectivity index (χ1) is 15.9. The molecule has 3 rings (SSSR count). The zero-order chi connectivity index (χ0) is 24.0. The van der Waals surface area contributed by atoms with E-state index >= 15 is 0 Å². The smallest absolute Gasteiger partial charge is 0.333 e. The number of carboxylic acids is 1. The van der Waals surface area contributed by atoms with E-state index in [0.717, 1.165) is 29.9 Å². The third-order valence-corrected chi connectivity index (χ3v) is 5.73. The fourth-order valence-electron chi connectivity index (χ4n) is 4.12. The number of aryl methyl sites for hydroxylation is 1. The summed E-state index contributed by atoms with van der Waals surface area (Å²) in [5, 5.41) is 11.0. The number of ether oxygens (including phenoxy) is 2. The van der Waals surface area contributed by atoms with Crippen LogP contribution in [0, 0.1) is 0 Å². The molecule has 1 aliphatic heterocycles. The minimum atomic E-state index is -0.973. The molecule has 9 heteroatoms. The lowest BCUT2D eigenvalue weighted by Crippen LogP contribution is -2.35. The molecule has 0 bridgehead atoms. The van der Waals surface area contributed by atoms with E-state index in [1.165, 1.54) is 0 Å². The van der Waals surface area contributed by atoms with Crippen molar-refractivity contribution >= 4 is 11.7 Å². The molecule has 33 heavy (non-hydrogen) atoms. The summed E-state index contributed by atoms with van der Waals surface area (Å²) in [5.41, 5.74) is 5.58. The number of anilines is 1. The molecular formula is C24H34N4O5. The van der Waals surface area contributed by atoms with Gasteiger partial charge in [-0.25, -0.2) is 15.2 Å². The van der Waals surface area contributed by atoms with Crippen LogP contribution < -0.4 is 20.7 Å². The lowest BCUT2D eigenvalue weighted by atomic mass is 10.1. The first-order valence-corrected chi connectivity index (χ1v) is 11.6. The van der Waals surface area contributed by atoms with Gasteiger partial charge in [-0.05, 0) is 31.0 Å². The molecule has 9 nitrogen and oxygen atoms in total. The number of rotatable bonds is 12. The summed E-state index contributed by atoms with van der Waals surface area (Å²) in [6, 6.07) is 7.34. The maximum Gasteiger partial charge on any atom is 0.333 e. The number of benzene rings is 1. The Labute approximate surface area is 194 Å². The third kappa shape index (κ3) is 5.72. The van der Waals surface area contributed by atoms with Gasteiger partial charge in [-0.1, -0.05) is 32.4 Å². The number of nitrogens with zero attached hydrogens (tertiary/aromatic N) is 3. The summed E-state index contributed by atoms with van der Waals surface area (Å²) in [6.45, 7) is 6.95. The monoisotopic (exact) mass is 458 g/mol. The van der Waals surface area contributed by atoms with E-state index in [0.29, 0.717) is 44.0 Å². The molecule has 1 aromatic carbocycles. The van der Waals surface area contributed by atoms with Crippen molar-refractivity contribution in [1.29, 1.82) is 0 Å². The summed E-state index contributed by atoms with van der Waals surface area (Å²) >= 11 is 0. The Bertz CT molecular complexity index is 1010. The van der Waals surface area contributed by atoms with Crippen LogP contribution in [0.4, 0.5) is 5.69 Å². The first-order valence-electron chi connectivity index (χ1n) is 11.6. The van der Waals surface area contributed by atoms with E-state index < -0.39 is 12.1 Å². The van der Waals surface area contributed by atoms with Gasteiger partial charge < -0.3 is 19.6 Å². The Morgan fingerprint density at radius 2 is 1.97 bits per heavy atom. The number of aromatic nitrogens is 2. The Morgan fingerprint density at radius 3 is 2.58 bits per heavy atom. The molecule has 180 valence electrons. The molecule has 2 unspecified atom stereocenters. The molecule has 2 aromatic rings. The molecule has 1 aliphatic rings. The van der Waals surface area contributed by atoms with Crippen LogP contribution in [0.15, 0.2) is 29.1 Å². The summed E-state index contributed by atoms with van der Waals surface area (Å²) < 4.78 is 12.8. The predicted octanol–water partition coefficient (Wildman–Crippen LogP) is 2.71. The van der Waals surface area contributed by atoms with E-state index in [4.69, 9.17) is 14.5 Å². The molecule has 2 N–H and O–H groups in total. The number of fused-ring (bicyclic) bond motifs is 1. The Morgan fingerprint density at radius 1 is 1.24 bits per heavy atom. The Kier molecular flexibility index (Phi) is 8.46. The van der Waals surface area contributed by atoms with E-state index in [2.05, 4.69) is 12.3 Å². The fraction of sp³-hybridized carbons (Fsp3) is 0.542. The lowest BCUT2D eigenvalue weighted by Gasteiger charge is -2.16. The highest BCUT2D eigenvalue weighted by Gasteiger charge is 2.31. The highest BCUT2D eigenvalue weighted by molar-refractivity contribution is 5.72. The van der Waals surface area contributed by atoms with Crippen molar-refractivity contribution in [1.82, 2.24) is 15.0 Å². The van der Waals surface area contributed by atoms with Crippen LogP contribution in [-0.4, -0.2) is 47.0 Å². The van der Waals surface area contributed by atoms with Crippen molar-refractivity contribution in [2.75, 3.05) is 25.3 Å². The average molecular weight is 459 g/mol. The summed E-state index contributed by atoms with van der Waals surface area (Å²) in [6.07, 6.45) is 2.02. The largest absolute Gasteiger partial charge is 0.492 e. The zero-order valence-electron chi connectivity index (χ0n) is 19.8. The molecule has 1 aromatic heterocycles. The third-order valence-electron chi connectivity index (χ3n) is 5.73. The van der Waals surface area contributed by atoms with Gasteiger partial charge in [0, 0.05) is 26.5 Å². The van der Waals surface area contributed by atoms with Crippen LogP contribution in [0.3, 0.4) is 0 Å². The Hall–Kier alpha value is -2.91. The van der Waals surface area contributed by atoms with Crippen molar-refractivity contribution < 1.29 is 19.4 Å². The molecule has 0 radical (unpaired) electrons. The highest BCUT2D eigenvalue weighted by Crippen LogP contribution is 2.30. The van der Waals surface area contributed by atoms with Crippen molar-refractivity contribution in [2.24, 2.45) is 0 Å². The number of hydrogen-bond acceptors (Lipinski definition) is 7. The Balaban J connectivity index is 1.67. The summed E-state index contributed by atoms with van der Waals surface area (Å²) in [7, 11) is 1.85. The van der Waals surface area contributed by atoms with Crippen LogP contribution in [0.2, 0.25) is 0 Å². The lowest BCUT2D eigenvalue weighted by molar-refractivity contribution is -0.149. The number of hydrogen-bond donors (Lipinski definition) is 2. The van der Waals surface area contributed by atoms with Gasteiger partial charge in [0.1, 0.15) is 23.9 Å². The van der Waals surface area contributed by atoms with E-state index in [1.54, 1.807) is 28.6 Å². The summed E-state index contributed by atoms with van der Waals surface area (Å²) in [4.78, 5) is 29.3. The molecule has 0 fully saturated rings. The van der Waals surface area contributed by atoms with Crippen molar-refractivity contribution in [3.05, 3.63) is 51.7 Å². The second kappa shape index (κ2) is 11.3. The van der Waals surface area contributed by atoms with Gasteiger partial charge in [-0.3, -0.25) is 9.36 Å². The van der Waals surface area contributed by atoms with Crippen LogP contribution in [0.1, 0.15) is 56.7 Å². The van der Waals surface area contributed by atoms with Crippen molar-refractivity contribution in [3.63, 3.8) is 0 Å². The fourth-order valence-corrected chi connectivity index (χ4v) is 4.12. The normalized spacial score (nSPS) is 16.0. The van der Waals surface area contributed by atoms with Gasteiger partial charge in [-0.15, -0.1) is 0 Å². The van der Waals surface area contributed by atoms with Gasteiger partial charge in [0.05, 0.1) is 18.3 Å². The minimum absolute atomic E-state index is 0.0555. The number of carbonyl (C=O) groups is 1. The molecule has 0 spiro atoms. The number of nitrogens with one attached hydrogen (secondary N) is 1. The standard InChI is InChI=1S/C24H34N4O5/c1-5-8-18-21-22(27(4)26-18)23(29)28(20(6-2)25-21)13-14-33-17-11-9-16(10-12-17)15-19(24(30)31)32-7-3/h9-12,18-19,26H,5-8,13-15H2,1-4H3,(H,30,31). The van der Waals surface area contributed by atoms with Gasteiger partial charge in [0.15, 0.2) is 6.10 Å². The second-order valence-corrected chi connectivity index (χ2v) is 8.08.